The molecule has 1 amide bonds. The van der Waals surface area contributed by atoms with Crippen LogP contribution < -0.4 is 4.90 Å². The summed E-state index contributed by atoms with van der Waals surface area (Å²) in [6.07, 6.45) is 0.883. The first-order valence-corrected chi connectivity index (χ1v) is 10.1. The van der Waals surface area contributed by atoms with Crippen LogP contribution in [0.1, 0.15) is 39.9 Å². The van der Waals surface area contributed by atoms with Gasteiger partial charge in [0.05, 0.1) is 0 Å². The number of benzene rings is 2. The van der Waals surface area contributed by atoms with Crippen LogP contribution in [0.5, 0.6) is 0 Å². The van der Waals surface area contributed by atoms with Crippen molar-refractivity contribution in [1.82, 2.24) is 14.9 Å². The third-order valence-electron chi connectivity index (χ3n) is 5.38. The number of amides is 1. The molecule has 1 aliphatic heterocycles. The molecule has 0 saturated heterocycles. The van der Waals surface area contributed by atoms with Crippen molar-refractivity contribution in [2.24, 2.45) is 0 Å². The maximum atomic E-state index is 13.2. The zero-order chi connectivity index (χ0) is 20.2. The zero-order valence-electron chi connectivity index (χ0n) is 17.0. The van der Waals surface area contributed by atoms with Gasteiger partial charge >= 0.3 is 0 Å². The van der Waals surface area contributed by atoms with Crippen LogP contribution >= 0.6 is 0 Å². The van der Waals surface area contributed by atoms with Crippen LogP contribution in [0.2, 0.25) is 0 Å². The first-order chi connectivity index (χ1) is 14.1. The monoisotopic (exact) mass is 386 g/mol. The van der Waals surface area contributed by atoms with Gasteiger partial charge < -0.3 is 9.80 Å². The van der Waals surface area contributed by atoms with Crippen LogP contribution in [0.25, 0.3) is 0 Å². The minimum atomic E-state index is -0.0259. The molecule has 0 radical (unpaired) electrons. The largest absolute Gasteiger partial charge is 0.352 e. The van der Waals surface area contributed by atoms with Crippen molar-refractivity contribution >= 4 is 11.7 Å². The lowest BCUT2D eigenvalue weighted by Gasteiger charge is -2.29. The van der Waals surface area contributed by atoms with Crippen molar-refractivity contribution < 1.29 is 4.79 Å². The average molecular weight is 386 g/mol. The number of anilines is 1. The van der Waals surface area contributed by atoms with Gasteiger partial charge in [0.1, 0.15) is 17.3 Å². The van der Waals surface area contributed by atoms with E-state index in [1.165, 1.54) is 16.7 Å². The van der Waals surface area contributed by atoms with Gasteiger partial charge in [-0.05, 0) is 37.0 Å². The second kappa shape index (κ2) is 8.43. The lowest BCUT2D eigenvalue weighted by molar-refractivity contribution is 0.0728. The summed E-state index contributed by atoms with van der Waals surface area (Å²) < 4.78 is 0. The van der Waals surface area contributed by atoms with Crippen molar-refractivity contribution in [1.29, 1.82) is 0 Å². The first-order valence-electron chi connectivity index (χ1n) is 10.1. The molecule has 29 heavy (non-hydrogen) atoms. The third kappa shape index (κ3) is 4.29. The summed E-state index contributed by atoms with van der Waals surface area (Å²) in [5.41, 5.74) is 4.23. The predicted octanol–water partition coefficient (Wildman–Crippen LogP) is 4.01. The molecule has 1 aliphatic rings. The van der Waals surface area contributed by atoms with Crippen molar-refractivity contribution in [3.05, 3.63) is 88.9 Å². The molecule has 4 rings (SSSR count). The van der Waals surface area contributed by atoms with Crippen molar-refractivity contribution in [3.8, 4) is 0 Å². The lowest BCUT2D eigenvalue weighted by Crippen LogP contribution is -2.36. The van der Waals surface area contributed by atoms with Crippen molar-refractivity contribution in [2.75, 3.05) is 18.0 Å². The topological polar surface area (TPSA) is 49.3 Å². The highest BCUT2D eigenvalue weighted by atomic mass is 16.2. The molecule has 5 nitrogen and oxygen atoms in total. The van der Waals surface area contributed by atoms with Crippen LogP contribution in [0, 0.1) is 6.92 Å². The fourth-order valence-corrected chi connectivity index (χ4v) is 3.81. The second-order valence-electron chi connectivity index (χ2n) is 7.40. The molecule has 5 heteroatoms. The highest BCUT2D eigenvalue weighted by molar-refractivity contribution is 5.93. The molecular formula is C24H26N4O. The summed E-state index contributed by atoms with van der Waals surface area (Å²) in [7, 11) is 0. The van der Waals surface area contributed by atoms with Gasteiger partial charge in [0, 0.05) is 32.2 Å². The number of carbonyl (C=O) groups is 1. The quantitative estimate of drug-likeness (QED) is 0.665. The van der Waals surface area contributed by atoms with Gasteiger partial charge in [0.15, 0.2) is 0 Å². The Morgan fingerprint density at radius 2 is 1.76 bits per heavy atom. The summed E-state index contributed by atoms with van der Waals surface area (Å²) in [6, 6.07) is 20.5. The number of fused-ring (bicyclic) bond motifs is 1. The molecule has 0 saturated carbocycles. The van der Waals surface area contributed by atoms with E-state index in [2.05, 4.69) is 52.1 Å². The Hall–Kier alpha value is -3.21. The Balaban J connectivity index is 1.57. The molecule has 0 unspecified atom stereocenters. The Morgan fingerprint density at radius 3 is 2.52 bits per heavy atom. The second-order valence-corrected chi connectivity index (χ2v) is 7.40. The number of rotatable bonds is 5. The van der Waals surface area contributed by atoms with Gasteiger partial charge in [-0.15, -0.1) is 0 Å². The van der Waals surface area contributed by atoms with E-state index < -0.39 is 0 Å². The summed E-state index contributed by atoms with van der Waals surface area (Å²) in [6.45, 7) is 6.85. The van der Waals surface area contributed by atoms with Crippen LogP contribution in [0.3, 0.4) is 0 Å². The van der Waals surface area contributed by atoms with E-state index in [1.807, 2.05) is 42.2 Å². The molecule has 0 aliphatic carbocycles. The zero-order valence-corrected chi connectivity index (χ0v) is 17.0. The fraction of sp³-hybridized carbons (Fsp3) is 0.292. The van der Waals surface area contributed by atoms with E-state index in [-0.39, 0.29) is 5.91 Å². The van der Waals surface area contributed by atoms with E-state index in [4.69, 9.17) is 0 Å². The molecule has 0 atom stereocenters. The van der Waals surface area contributed by atoms with Gasteiger partial charge in [-0.25, -0.2) is 9.97 Å². The number of aryl methyl sites for hydroxylation is 1. The number of nitrogens with zero attached hydrogens (tertiary/aromatic N) is 4. The third-order valence-corrected chi connectivity index (χ3v) is 5.38. The number of hydrogen-bond donors (Lipinski definition) is 0. The number of carbonyl (C=O) groups excluding carboxylic acids is 1. The lowest BCUT2D eigenvalue weighted by atomic mass is 10.00. The SMILES string of the molecule is CCN(Cc1ccccc1)c1cc(C(=O)N2CCc3ccccc3C2)nc(C)n1. The molecule has 148 valence electrons. The maximum absolute atomic E-state index is 13.2. The van der Waals surface area contributed by atoms with Crippen LogP contribution in [0.4, 0.5) is 5.82 Å². The van der Waals surface area contributed by atoms with Gasteiger partial charge in [0.25, 0.3) is 5.91 Å². The molecular weight excluding hydrogens is 360 g/mol. The molecule has 0 spiro atoms. The molecule has 2 heterocycles. The van der Waals surface area contributed by atoms with Gasteiger partial charge in [-0.2, -0.15) is 0 Å². The first kappa shape index (κ1) is 19.1. The Morgan fingerprint density at radius 1 is 1.03 bits per heavy atom. The van der Waals surface area contributed by atoms with Crippen LogP contribution in [-0.4, -0.2) is 33.9 Å². The Bertz CT molecular complexity index is 1000. The van der Waals surface area contributed by atoms with E-state index in [9.17, 15) is 4.79 Å². The Kier molecular flexibility index (Phi) is 5.56. The number of hydrogen-bond acceptors (Lipinski definition) is 4. The normalized spacial score (nSPS) is 13.1. The van der Waals surface area contributed by atoms with E-state index in [1.54, 1.807) is 0 Å². The van der Waals surface area contributed by atoms with Crippen molar-refractivity contribution in [2.45, 2.75) is 33.4 Å². The maximum Gasteiger partial charge on any atom is 0.272 e. The molecule has 0 bridgehead atoms. The summed E-state index contributed by atoms with van der Waals surface area (Å²) in [5, 5.41) is 0. The standard InChI is InChI=1S/C24H26N4O/c1-3-27(16-19-9-5-4-6-10-19)23-15-22(25-18(2)26-23)24(29)28-14-13-20-11-7-8-12-21(20)17-28/h4-12,15H,3,13-14,16-17H2,1-2H3. The highest BCUT2D eigenvalue weighted by Gasteiger charge is 2.23. The average Bonchev–Trinajstić information content (AvgIpc) is 2.77. The summed E-state index contributed by atoms with van der Waals surface area (Å²) >= 11 is 0. The van der Waals surface area contributed by atoms with Gasteiger partial charge in [0.2, 0.25) is 0 Å². The molecule has 3 aromatic rings. The minimum Gasteiger partial charge on any atom is -0.352 e. The Labute approximate surface area is 172 Å². The number of aromatic nitrogens is 2. The highest BCUT2D eigenvalue weighted by Crippen LogP contribution is 2.22. The molecule has 0 N–H and O–H groups in total. The molecule has 0 fully saturated rings. The van der Waals surface area contributed by atoms with E-state index in [0.29, 0.717) is 18.1 Å². The van der Waals surface area contributed by atoms with E-state index in [0.717, 1.165) is 31.9 Å². The van der Waals surface area contributed by atoms with E-state index >= 15 is 0 Å². The van der Waals surface area contributed by atoms with Crippen LogP contribution in [-0.2, 0) is 19.5 Å². The molecule has 1 aromatic heterocycles. The van der Waals surface area contributed by atoms with Crippen molar-refractivity contribution in [3.63, 3.8) is 0 Å². The minimum absolute atomic E-state index is 0.0259. The summed E-state index contributed by atoms with van der Waals surface area (Å²) in [4.78, 5) is 26.3. The van der Waals surface area contributed by atoms with Crippen LogP contribution in [0.15, 0.2) is 60.7 Å². The van der Waals surface area contributed by atoms with Gasteiger partial charge in [-0.1, -0.05) is 54.6 Å². The predicted molar refractivity (Wildman–Crippen MR) is 115 cm³/mol. The summed E-state index contributed by atoms with van der Waals surface area (Å²) in [5.74, 6) is 1.39. The smallest absolute Gasteiger partial charge is 0.272 e. The molecule has 2 aromatic carbocycles. The fourth-order valence-electron chi connectivity index (χ4n) is 3.81. The van der Waals surface area contributed by atoms with Gasteiger partial charge in [-0.3, -0.25) is 4.79 Å².